The Labute approximate surface area is 429 Å². The van der Waals surface area contributed by atoms with Crippen molar-refractivity contribution in [3.8, 4) is 0 Å². The minimum Gasteiger partial charge on any atom is -0.756 e. The molecule has 1 amide bonds. The largest absolute Gasteiger partial charge is 0.756 e. The van der Waals surface area contributed by atoms with Crippen LogP contribution in [0.25, 0.3) is 0 Å². The van der Waals surface area contributed by atoms with Crippen molar-refractivity contribution in [3.63, 3.8) is 0 Å². The Hall–Kier alpha value is -1.28. The van der Waals surface area contributed by atoms with Crippen molar-refractivity contribution in [3.05, 3.63) is 36.5 Å². The first kappa shape index (κ1) is 67.7. The Morgan fingerprint density at radius 3 is 1.22 bits per heavy atom. The molecule has 0 aliphatic heterocycles. The molecule has 0 rings (SSSR count). The fourth-order valence-corrected chi connectivity index (χ4v) is 9.66. The summed E-state index contributed by atoms with van der Waals surface area (Å²) in [6.07, 6.45) is 66.3. The Morgan fingerprint density at radius 2 is 0.841 bits per heavy atom. The number of hydrogen-bond acceptors (Lipinski definition) is 6. The zero-order chi connectivity index (χ0) is 50.6. The monoisotopic (exact) mass is 993 g/mol. The SMILES string of the molecule is CCCCCCC/C=C\C/C=C\C/C=C\CCCCCCCCCCCCCCCCCCCCCCC(=O)NC(COP(=O)([O-])OCC[N+](C)(C)C)C(O)CCCCCCCCCCCCCC. The average molecular weight is 994 g/mol. The van der Waals surface area contributed by atoms with Gasteiger partial charge >= 0.3 is 0 Å². The van der Waals surface area contributed by atoms with Crippen molar-refractivity contribution in [1.82, 2.24) is 5.32 Å². The average Bonchev–Trinajstić information content (AvgIpc) is 3.31. The lowest BCUT2D eigenvalue weighted by Gasteiger charge is -2.30. The van der Waals surface area contributed by atoms with E-state index in [-0.39, 0.29) is 19.1 Å². The molecule has 0 saturated heterocycles. The molecule has 3 atom stereocenters. The lowest BCUT2D eigenvalue weighted by molar-refractivity contribution is -0.870. The minimum absolute atomic E-state index is 0.0138. The highest BCUT2D eigenvalue weighted by molar-refractivity contribution is 7.45. The van der Waals surface area contributed by atoms with E-state index in [2.05, 4.69) is 55.6 Å². The molecule has 0 bridgehead atoms. The number of phosphoric ester groups is 1. The van der Waals surface area contributed by atoms with Crippen LogP contribution < -0.4 is 10.2 Å². The Morgan fingerprint density at radius 1 is 0.507 bits per heavy atom. The van der Waals surface area contributed by atoms with Crippen LogP contribution in [-0.2, 0) is 18.4 Å². The van der Waals surface area contributed by atoms with E-state index in [9.17, 15) is 19.4 Å². The number of carbonyl (C=O) groups excluding carboxylic acids is 1. The molecular weight excluding hydrogens is 876 g/mol. The van der Waals surface area contributed by atoms with Gasteiger partial charge in [0, 0.05) is 6.42 Å². The van der Waals surface area contributed by atoms with E-state index in [0.717, 1.165) is 51.4 Å². The maximum absolute atomic E-state index is 13.0. The van der Waals surface area contributed by atoms with Crippen LogP contribution in [-0.4, -0.2) is 68.5 Å². The number of amides is 1. The molecule has 0 aromatic carbocycles. The van der Waals surface area contributed by atoms with Crippen LogP contribution in [0.4, 0.5) is 0 Å². The first-order valence-corrected chi connectivity index (χ1v) is 31.3. The summed E-state index contributed by atoms with van der Waals surface area (Å²) in [7, 11) is 1.31. The number of nitrogens with one attached hydrogen (secondary N) is 1. The molecule has 0 spiro atoms. The van der Waals surface area contributed by atoms with Crippen LogP contribution >= 0.6 is 7.82 Å². The summed E-state index contributed by atoms with van der Waals surface area (Å²) in [6.45, 7) is 4.73. The molecule has 0 saturated carbocycles. The molecule has 0 heterocycles. The highest BCUT2D eigenvalue weighted by Gasteiger charge is 2.24. The first-order chi connectivity index (χ1) is 33.5. The van der Waals surface area contributed by atoms with Crippen LogP contribution in [0.2, 0.25) is 0 Å². The summed E-state index contributed by atoms with van der Waals surface area (Å²) in [5.41, 5.74) is 0. The van der Waals surface area contributed by atoms with Gasteiger partial charge in [0.25, 0.3) is 7.82 Å². The van der Waals surface area contributed by atoms with Gasteiger partial charge in [-0.25, -0.2) is 0 Å². The number of unbranched alkanes of at least 4 members (excludes halogenated alkanes) is 36. The molecule has 0 aliphatic carbocycles. The van der Waals surface area contributed by atoms with Gasteiger partial charge in [-0.1, -0.05) is 269 Å². The Kier molecular flexibility index (Phi) is 50.7. The van der Waals surface area contributed by atoms with Crippen molar-refractivity contribution in [2.75, 3.05) is 40.9 Å². The second kappa shape index (κ2) is 51.6. The molecule has 408 valence electrons. The molecule has 0 aliphatic rings. The van der Waals surface area contributed by atoms with Gasteiger partial charge in [0.05, 0.1) is 39.9 Å². The van der Waals surface area contributed by atoms with Crippen molar-refractivity contribution in [2.45, 2.75) is 302 Å². The van der Waals surface area contributed by atoms with Crippen LogP contribution in [0.15, 0.2) is 36.5 Å². The number of hydrogen-bond donors (Lipinski definition) is 2. The number of aliphatic hydroxyl groups is 1. The van der Waals surface area contributed by atoms with E-state index in [1.54, 1.807) is 0 Å². The second-order valence-electron chi connectivity index (χ2n) is 21.7. The summed E-state index contributed by atoms with van der Waals surface area (Å²) < 4.78 is 23.4. The highest BCUT2D eigenvalue weighted by atomic mass is 31.2. The fraction of sp³-hybridized carbons (Fsp3) is 0.883. The number of likely N-dealkylation sites (N-methyl/N-ethyl adjacent to an activating group) is 1. The number of aliphatic hydroxyl groups excluding tert-OH is 1. The van der Waals surface area contributed by atoms with Crippen LogP contribution in [0.3, 0.4) is 0 Å². The van der Waals surface area contributed by atoms with Crippen LogP contribution in [0.1, 0.15) is 290 Å². The molecule has 9 heteroatoms. The molecule has 0 aromatic rings. The summed E-state index contributed by atoms with van der Waals surface area (Å²) in [5, 5.41) is 14.0. The maximum atomic E-state index is 13.0. The van der Waals surface area contributed by atoms with Gasteiger partial charge in [-0.2, -0.15) is 0 Å². The van der Waals surface area contributed by atoms with Crippen molar-refractivity contribution in [2.24, 2.45) is 0 Å². The molecular formula is C60H117N2O6P. The number of phosphoric acid groups is 1. The second-order valence-corrected chi connectivity index (χ2v) is 23.1. The fourth-order valence-electron chi connectivity index (χ4n) is 8.93. The van der Waals surface area contributed by atoms with E-state index >= 15 is 0 Å². The van der Waals surface area contributed by atoms with Gasteiger partial charge in [0.1, 0.15) is 13.2 Å². The zero-order valence-electron chi connectivity index (χ0n) is 46.5. The van der Waals surface area contributed by atoms with Gasteiger partial charge in [0.2, 0.25) is 5.91 Å². The predicted octanol–water partition coefficient (Wildman–Crippen LogP) is 17.5. The van der Waals surface area contributed by atoms with Crippen molar-refractivity contribution < 1.29 is 32.9 Å². The van der Waals surface area contributed by atoms with E-state index in [4.69, 9.17) is 9.05 Å². The smallest absolute Gasteiger partial charge is 0.268 e. The van der Waals surface area contributed by atoms with E-state index in [0.29, 0.717) is 23.9 Å². The molecule has 2 N–H and O–H groups in total. The van der Waals surface area contributed by atoms with Gasteiger partial charge in [0.15, 0.2) is 0 Å². The summed E-state index contributed by atoms with van der Waals surface area (Å²) in [6, 6.07) is -0.798. The molecule has 0 aromatic heterocycles. The molecule has 0 radical (unpaired) electrons. The minimum atomic E-state index is -4.57. The summed E-state index contributed by atoms with van der Waals surface area (Å²) in [5.74, 6) is -0.161. The number of carbonyl (C=O) groups is 1. The third-order valence-electron chi connectivity index (χ3n) is 13.6. The van der Waals surface area contributed by atoms with Crippen molar-refractivity contribution >= 4 is 13.7 Å². The standard InChI is InChI=1S/C60H117N2O6P/c1-6-8-10-12-14-16-18-20-21-22-23-24-25-26-27-28-29-30-31-32-33-34-35-36-37-38-39-40-41-42-44-46-48-50-52-54-60(64)61-58(57-68-69(65,66)67-56-55-62(3,4)5)59(63)53-51-49-47-45-43-19-17-15-13-11-9-7-2/h18,20,22-23,25-26,58-59,63H,6-17,19,21,24,27-57H2,1-5H3,(H-,61,64,65,66)/b20-18-,23-22-,26-25-. The molecule has 69 heavy (non-hydrogen) atoms. The molecule has 3 unspecified atom stereocenters. The number of nitrogens with zero attached hydrogens (tertiary/aromatic N) is 1. The lowest BCUT2D eigenvalue weighted by Crippen LogP contribution is -2.46. The van der Waals surface area contributed by atoms with E-state index in [1.807, 2.05) is 21.1 Å². The number of quaternary nitrogens is 1. The Balaban J connectivity index is 3.92. The van der Waals surface area contributed by atoms with Crippen LogP contribution in [0.5, 0.6) is 0 Å². The van der Waals surface area contributed by atoms with Gasteiger partial charge in [-0.15, -0.1) is 0 Å². The third-order valence-corrected chi connectivity index (χ3v) is 14.6. The zero-order valence-corrected chi connectivity index (χ0v) is 47.4. The third kappa shape index (κ3) is 54.3. The first-order valence-electron chi connectivity index (χ1n) is 29.8. The quantitative estimate of drug-likeness (QED) is 0.0272. The summed E-state index contributed by atoms with van der Waals surface area (Å²) >= 11 is 0. The Bertz CT molecular complexity index is 1220. The number of rotatable bonds is 55. The van der Waals surface area contributed by atoms with Gasteiger partial charge < -0.3 is 28.8 Å². The molecule has 8 nitrogen and oxygen atoms in total. The maximum Gasteiger partial charge on any atom is 0.268 e. The highest BCUT2D eigenvalue weighted by Crippen LogP contribution is 2.38. The van der Waals surface area contributed by atoms with E-state index in [1.165, 1.54) is 212 Å². The van der Waals surface area contributed by atoms with E-state index < -0.39 is 20.0 Å². The number of allylic oxidation sites excluding steroid dienone is 6. The summed E-state index contributed by atoms with van der Waals surface area (Å²) in [4.78, 5) is 25.5. The van der Waals surface area contributed by atoms with Crippen molar-refractivity contribution in [1.29, 1.82) is 0 Å². The normalized spacial score (nSPS) is 14.1. The van der Waals surface area contributed by atoms with Gasteiger partial charge in [-0.05, 0) is 51.4 Å². The topological polar surface area (TPSA) is 108 Å². The van der Waals surface area contributed by atoms with Gasteiger partial charge in [-0.3, -0.25) is 9.36 Å². The lowest BCUT2D eigenvalue weighted by atomic mass is 10.0. The molecule has 0 fully saturated rings. The van der Waals surface area contributed by atoms with Crippen LogP contribution in [0, 0.1) is 0 Å². The predicted molar refractivity (Wildman–Crippen MR) is 298 cm³/mol.